The van der Waals surface area contributed by atoms with Crippen LogP contribution in [0.5, 0.6) is 0 Å². The molecule has 3 N–H and O–H groups in total. The van der Waals surface area contributed by atoms with Crippen molar-refractivity contribution in [1.29, 1.82) is 0 Å². The van der Waals surface area contributed by atoms with E-state index in [0.29, 0.717) is 6.54 Å². The van der Waals surface area contributed by atoms with Crippen LogP contribution >= 0.6 is 24.0 Å². The quantitative estimate of drug-likeness (QED) is 0.359. The second-order valence-corrected chi connectivity index (χ2v) is 7.37. The van der Waals surface area contributed by atoms with Crippen molar-refractivity contribution in [3.05, 3.63) is 34.9 Å². The highest BCUT2D eigenvalue weighted by atomic mass is 127. The fourth-order valence-corrected chi connectivity index (χ4v) is 3.60. The molecule has 3 rings (SSSR count). The van der Waals surface area contributed by atoms with E-state index in [-0.39, 0.29) is 30.0 Å². The van der Waals surface area contributed by atoms with Gasteiger partial charge in [-0.2, -0.15) is 0 Å². The van der Waals surface area contributed by atoms with Crippen LogP contribution in [0.25, 0.3) is 0 Å². The van der Waals surface area contributed by atoms with Gasteiger partial charge < -0.3 is 15.7 Å². The molecule has 2 aliphatic carbocycles. The van der Waals surface area contributed by atoms with E-state index in [4.69, 9.17) is 0 Å². The Balaban J connectivity index is 0.00000225. The van der Waals surface area contributed by atoms with E-state index in [1.807, 2.05) is 0 Å². The highest BCUT2D eigenvalue weighted by Gasteiger charge is 2.34. The zero-order valence-corrected chi connectivity index (χ0v) is 17.8. The lowest BCUT2D eigenvalue weighted by atomic mass is 9.80. The largest absolute Gasteiger partial charge is 0.388 e. The van der Waals surface area contributed by atoms with Crippen LogP contribution in [0.1, 0.15) is 68.7 Å². The van der Waals surface area contributed by atoms with Crippen LogP contribution in [0.3, 0.4) is 0 Å². The van der Waals surface area contributed by atoms with Crippen LogP contribution in [0.15, 0.2) is 23.2 Å². The number of aryl methyl sites for hydroxylation is 2. The van der Waals surface area contributed by atoms with Gasteiger partial charge >= 0.3 is 0 Å². The van der Waals surface area contributed by atoms with Crippen molar-refractivity contribution in [2.24, 2.45) is 4.99 Å². The Morgan fingerprint density at radius 2 is 1.92 bits per heavy atom. The van der Waals surface area contributed by atoms with Gasteiger partial charge in [0, 0.05) is 6.54 Å². The summed E-state index contributed by atoms with van der Waals surface area (Å²) < 4.78 is 0. The molecule has 5 heteroatoms. The predicted molar refractivity (Wildman–Crippen MR) is 115 cm³/mol. The third-order valence-corrected chi connectivity index (χ3v) is 5.39. The van der Waals surface area contributed by atoms with Crippen LogP contribution < -0.4 is 10.6 Å². The molecule has 1 atom stereocenters. The third-order valence-electron chi connectivity index (χ3n) is 5.39. The fourth-order valence-electron chi connectivity index (χ4n) is 3.60. The van der Waals surface area contributed by atoms with Crippen molar-refractivity contribution >= 4 is 29.9 Å². The predicted octanol–water partition coefficient (Wildman–Crippen LogP) is 3.71. The molecule has 0 saturated heterocycles. The van der Waals surface area contributed by atoms with E-state index in [1.165, 1.54) is 42.4 Å². The molecule has 0 spiro atoms. The molecule has 140 valence electrons. The molecule has 0 heterocycles. The van der Waals surface area contributed by atoms with Gasteiger partial charge in [-0.1, -0.05) is 18.2 Å². The molecule has 25 heavy (non-hydrogen) atoms. The van der Waals surface area contributed by atoms with E-state index in [2.05, 4.69) is 47.7 Å². The summed E-state index contributed by atoms with van der Waals surface area (Å²) in [5.41, 5.74) is 3.77. The van der Waals surface area contributed by atoms with Gasteiger partial charge in [-0.15, -0.1) is 24.0 Å². The zero-order valence-electron chi connectivity index (χ0n) is 15.5. The lowest BCUT2D eigenvalue weighted by molar-refractivity contribution is -0.0236. The van der Waals surface area contributed by atoms with E-state index in [1.54, 1.807) is 0 Å². The molecule has 0 bridgehead atoms. The number of benzene rings is 1. The molecule has 0 aromatic heterocycles. The molecule has 1 unspecified atom stereocenters. The number of rotatable bonds is 5. The summed E-state index contributed by atoms with van der Waals surface area (Å²) in [6.07, 6.45) is 7.91. The first-order valence-corrected chi connectivity index (χ1v) is 9.48. The highest BCUT2D eigenvalue weighted by molar-refractivity contribution is 14.0. The van der Waals surface area contributed by atoms with Gasteiger partial charge in [0.1, 0.15) is 0 Å². The first-order valence-electron chi connectivity index (χ1n) is 9.48. The number of fused-ring (bicyclic) bond motifs is 1. The van der Waals surface area contributed by atoms with E-state index in [0.717, 1.165) is 31.8 Å². The summed E-state index contributed by atoms with van der Waals surface area (Å²) in [5, 5.41) is 17.0. The van der Waals surface area contributed by atoms with Gasteiger partial charge in [0.25, 0.3) is 0 Å². The molecule has 0 radical (unpaired) electrons. The maximum atomic E-state index is 10.2. The monoisotopic (exact) mass is 457 g/mol. The SMILES string of the molecule is CCNC(=NCC1(O)CCC1)NC(C)c1ccc2c(c1)CCCC2.I. The number of nitrogens with zero attached hydrogens (tertiary/aromatic N) is 1. The number of nitrogens with one attached hydrogen (secondary N) is 2. The number of hydrogen-bond donors (Lipinski definition) is 3. The summed E-state index contributed by atoms with van der Waals surface area (Å²) >= 11 is 0. The Kier molecular flexibility index (Phi) is 7.55. The van der Waals surface area contributed by atoms with E-state index in [9.17, 15) is 5.11 Å². The zero-order chi connectivity index (χ0) is 17.0. The Morgan fingerprint density at radius 3 is 2.56 bits per heavy atom. The average molecular weight is 457 g/mol. The summed E-state index contributed by atoms with van der Waals surface area (Å²) in [6, 6.07) is 7.09. The maximum Gasteiger partial charge on any atom is 0.191 e. The minimum absolute atomic E-state index is 0. The lowest BCUT2D eigenvalue weighted by Gasteiger charge is -2.35. The molecule has 2 aliphatic rings. The van der Waals surface area contributed by atoms with Crippen LogP contribution in [-0.4, -0.2) is 29.8 Å². The number of aliphatic hydroxyl groups is 1. The molecule has 0 aliphatic heterocycles. The molecular weight excluding hydrogens is 425 g/mol. The van der Waals surface area contributed by atoms with E-state index < -0.39 is 5.60 Å². The first kappa shape index (κ1) is 20.5. The van der Waals surface area contributed by atoms with Crippen molar-refractivity contribution in [3.63, 3.8) is 0 Å². The number of guanidine groups is 1. The Bertz CT molecular complexity index is 599. The summed E-state index contributed by atoms with van der Waals surface area (Å²) in [6.45, 7) is 5.55. The third kappa shape index (κ3) is 5.33. The Morgan fingerprint density at radius 1 is 1.20 bits per heavy atom. The van der Waals surface area contributed by atoms with Gasteiger partial charge in [0.15, 0.2) is 5.96 Å². The van der Waals surface area contributed by atoms with Crippen molar-refractivity contribution < 1.29 is 5.11 Å². The molecule has 0 amide bonds. The Hall–Kier alpha value is -0.820. The minimum Gasteiger partial charge on any atom is -0.388 e. The van der Waals surface area contributed by atoms with Crippen LogP contribution in [0, 0.1) is 0 Å². The maximum absolute atomic E-state index is 10.2. The molecule has 4 nitrogen and oxygen atoms in total. The number of aliphatic imine (C=N–C) groups is 1. The topological polar surface area (TPSA) is 56.7 Å². The molecular formula is C20H32IN3O. The van der Waals surface area contributed by atoms with Crippen molar-refractivity contribution in [2.45, 2.75) is 70.4 Å². The number of halogens is 1. The lowest BCUT2D eigenvalue weighted by Crippen LogP contribution is -2.43. The van der Waals surface area contributed by atoms with Crippen LogP contribution in [0.2, 0.25) is 0 Å². The second kappa shape index (κ2) is 9.21. The number of hydrogen-bond acceptors (Lipinski definition) is 2. The summed E-state index contributed by atoms with van der Waals surface area (Å²) in [4.78, 5) is 4.60. The van der Waals surface area contributed by atoms with Gasteiger partial charge in [-0.05, 0) is 75.5 Å². The van der Waals surface area contributed by atoms with Crippen molar-refractivity contribution in [3.8, 4) is 0 Å². The molecule has 1 aromatic rings. The van der Waals surface area contributed by atoms with Crippen molar-refractivity contribution in [1.82, 2.24) is 10.6 Å². The normalized spacial score (nSPS) is 19.9. The van der Waals surface area contributed by atoms with E-state index >= 15 is 0 Å². The van der Waals surface area contributed by atoms with Gasteiger partial charge in [-0.3, -0.25) is 4.99 Å². The van der Waals surface area contributed by atoms with Crippen LogP contribution in [0.4, 0.5) is 0 Å². The van der Waals surface area contributed by atoms with Gasteiger partial charge in [0.05, 0.1) is 18.2 Å². The summed E-state index contributed by atoms with van der Waals surface area (Å²) in [7, 11) is 0. The standard InChI is InChI=1S/C20H31N3O.HI/c1-3-21-19(22-14-20(24)11-6-12-20)23-15(2)17-10-9-16-7-4-5-8-18(16)13-17;/h9-10,13,15,24H,3-8,11-12,14H2,1-2H3,(H2,21,22,23);1H. The van der Waals surface area contributed by atoms with Crippen molar-refractivity contribution in [2.75, 3.05) is 13.1 Å². The summed E-state index contributed by atoms with van der Waals surface area (Å²) in [5.74, 6) is 0.794. The minimum atomic E-state index is -0.572. The average Bonchev–Trinajstić information content (AvgIpc) is 2.57. The molecule has 1 fully saturated rings. The highest BCUT2D eigenvalue weighted by Crippen LogP contribution is 2.31. The fraction of sp³-hybridized carbons (Fsp3) is 0.650. The second-order valence-electron chi connectivity index (χ2n) is 7.37. The smallest absolute Gasteiger partial charge is 0.191 e. The molecule has 1 saturated carbocycles. The van der Waals surface area contributed by atoms with Gasteiger partial charge in [0.2, 0.25) is 0 Å². The van der Waals surface area contributed by atoms with Gasteiger partial charge in [-0.25, -0.2) is 0 Å². The Labute approximate surface area is 168 Å². The molecule has 1 aromatic carbocycles. The first-order chi connectivity index (χ1) is 11.6. The van der Waals surface area contributed by atoms with Crippen LogP contribution in [-0.2, 0) is 12.8 Å².